The largest absolute Gasteiger partial charge is 0.311 e. The SMILES string of the molecule is CN1CCNC(CCc2ccc(Cl)s2)C1. The molecule has 0 amide bonds. The average molecular weight is 245 g/mol. The van der Waals surface area contributed by atoms with Gasteiger partial charge >= 0.3 is 0 Å². The highest BCUT2D eigenvalue weighted by atomic mass is 35.5. The molecular weight excluding hydrogens is 228 g/mol. The van der Waals surface area contributed by atoms with Gasteiger partial charge in [-0.2, -0.15) is 0 Å². The zero-order valence-electron chi connectivity index (χ0n) is 9.00. The van der Waals surface area contributed by atoms with Crippen LogP contribution in [0.1, 0.15) is 11.3 Å². The van der Waals surface area contributed by atoms with E-state index in [1.54, 1.807) is 11.3 Å². The summed E-state index contributed by atoms with van der Waals surface area (Å²) in [6, 6.07) is 4.77. The van der Waals surface area contributed by atoms with Crippen molar-refractivity contribution in [2.45, 2.75) is 18.9 Å². The van der Waals surface area contributed by atoms with Gasteiger partial charge in [-0.05, 0) is 32.0 Å². The molecule has 0 bridgehead atoms. The van der Waals surface area contributed by atoms with Crippen LogP contribution in [0.4, 0.5) is 0 Å². The van der Waals surface area contributed by atoms with E-state index in [1.165, 1.54) is 24.4 Å². The molecule has 1 N–H and O–H groups in total. The van der Waals surface area contributed by atoms with Gasteiger partial charge in [0.2, 0.25) is 0 Å². The van der Waals surface area contributed by atoms with Crippen molar-refractivity contribution in [3.05, 3.63) is 21.3 Å². The summed E-state index contributed by atoms with van der Waals surface area (Å²) >= 11 is 7.60. The van der Waals surface area contributed by atoms with Gasteiger partial charge in [0, 0.05) is 30.6 Å². The van der Waals surface area contributed by atoms with Crippen LogP contribution in [0.25, 0.3) is 0 Å². The van der Waals surface area contributed by atoms with E-state index in [1.807, 2.05) is 6.07 Å². The molecule has 1 aromatic rings. The smallest absolute Gasteiger partial charge is 0.0931 e. The summed E-state index contributed by atoms with van der Waals surface area (Å²) in [4.78, 5) is 3.79. The Bertz CT molecular complexity index is 313. The second kappa shape index (κ2) is 5.30. The molecular formula is C11H17ClN2S. The van der Waals surface area contributed by atoms with Crippen LogP contribution in [0.3, 0.4) is 0 Å². The predicted molar refractivity (Wildman–Crippen MR) is 66.9 cm³/mol. The quantitative estimate of drug-likeness (QED) is 0.878. The first-order chi connectivity index (χ1) is 7.24. The Hall–Kier alpha value is -0.0900. The molecule has 2 heterocycles. The van der Waals surface area contributed by atoms with Crippen molar-refractivity contribution in [1.82, 2.24) is 10.2 Å². The maximum atomic E-state index is 5.90. The summed E-state index contributed by atoms with van der Waals surface area (Å²) in [6.07, 6.45) is 2.35. The van der Waals surface area contributed by atoms with E-state index in [9.17, 15) is 0 Å². The molecule has 0 spiro atoms. The van der Waals surface area contributed by atoms with Crippen LogP contribution in [-0.2, 0) is 6.42 Å². The lowest BCUT2D eigenvalue weighted by atomic mass is 10.1. The van der Waals surface area contributed by atoms with E-state index in [-0.39, 0.29) is 0 Å². The summed E-state index contributed by atoms with van der Waals surface area (Å²) in [5.74, 6) is 0. The highest BCUT2D eigenvalue weighted by Gasteiger charge is 2.16. The van der Waals surface area contributed by atoms with E-state index in [4.69, 9.17) is 11.6 Å². The fourth-order valence-electron chi connectivity index (χ4n) is 1.99. The lowest BCUT2D eigenvalue weighted by molar-refractivity contribution is 0.232. The molecule has 1 saturated heterocycles. The Kier molecular flexibility index (Phi) is 4.03. The zero-order chi connectivity index (χ0) is 10.7. The van der Waals surface area contributed by atoms with Crippen molar-refractivity contribution < 1.29 is 0 Å². The van der Waals surface area contributed by atoms with Gasteiger partial charge in [0.15, 0.2) is 0 Å². The molecule has 1 fully saturated rings. The van der Waals surface area contributed by atoms with Crippen LogP contribution >= 0.6 is 22.9 Å². The summed E-state index contributed by atoms with van der Waals surface area (Å²) in [5, 5.41) is 3.56. The van der Waals surface area contributed by atoms with Crippen molar-refractivity contribution in [2.75, 3.05) is 26.7 Å². The average Bonchev–Trinajstić information content (AvgIpc) is 2.62. The number of likely N-dealkylation sites (N-methyl/N-ethyl adjacent to an activating group) is 1. The van der Waals surface area contributed by atoms with Crippen molar-refractivity contribution in [1.29, 1.82) is 0 Å². The molecule has 2 nitrogen and oxygen atoms in total. The zero-order valence-corrected chi connectivity index (χ0v) is 10.6. The molecule has 1 unspecified atom stereocenters. The topological polar surface area (TPSA) is 15.3 Å². The van der Waals surface area contributed by atoms with Gasteiger partial charge in [0.1, 0.15) is 0 Å². The van der Waals surface area contributed by atoms with Crippen molar-refractivity contribution in [3.63, 3.8) is 0 Å². The number of thiophene rings is 1. The van der Waals surface area contributed by atoms with E-state index < -0.39 is 0 Å². The van der Waals surface area contributed by atoms with E-state index in [0.717, 1.165) is 17.3 Å². The maximum Gasteiger partial charge on any atom is 0.0931 e. The van der Waals surface area contributed by atoms with Crippen LogP contribution in [0.2, 0.25) is 4.34 Å². The van der Waals surface area contributed by atoms with Crippen LogP contribution in [0.5, 0.6) is 0 Å². The first kappa shape index (κ1) is 11.4. The van der Waals surface area contributed by atoms with Crippen LogP contribution in [0, 0.1) is 0 Å². The molecule has 1 aliphatic heterocycles. The lowest BCUT2D eigenvalue weighted by Gasteiger charge is -2.30. The number of hydrogen-bond donors (Lipinski definition) is 1. The lowest BCUT2D eigenvalue weighted by Crippen LogP contribution is -2.49. The summed E-state index contributed by atoms with van der Waals surface area (Å²) in [7, 11) is 2.19. The number of piperazine rings is 1. The van der Waals surface area contributed by atoms with E-state index in [0.29, 0.717) is 6.04 Å². The van der Waals surface area contributed by atoms with Gasteiger partial charge in [-0.1, -0.05) is 11.6 Å². The summed E-state index contributed by atoms with van der Waals surface area (Å²) < 4.78 is 0.902. The fourth-order valence-corrected chi connectivity index (χ4v) is 3.09. The molecule has 2 rings (SSSR count). The molecule has 15 heavy (non-hydrogen) atoms. The van der Waals surface area contributed by atoms with Gasteiger partial charge in [-0.3, -0.25) is 0 Å². The molecule has 0 aliphatic carbocycles. The van der Waals surface area contributed by atoms with Gasteiger partial charge < -0.3 is 10.2 Å². The van der Waals surface area contributed by atoms with Gasteiger partial charge in [0.05, 0.1) is 4.34 Å². The first-order valence-corrected chi connectivity index (χ1v) is 6.59. The number of rotatable bonds is 3. The Morgan fingerprint density at radius 1 is 1.60 bits per heavy atom. The van der Waals surface area contributed by atoms with Gasteiger partial charge in [0.25, 0.3) is 0 Å². The molecule has 0 saturated carbocycles. The Labute approximate surface area is 100 Å². The number of hydrogen-bond acceptors (Lipinski definition) is 3. The molecule has 84 valence electrons. The minimum atomic E-state index is 0.643. The van der Waals surface area contributed by atoms with E-state index >= 15 is 0 Å². The highest BCUT2D eigenvalue weighted by Crippen LogP contribution is 2.23. The standard InChI is InChI=1S/C11H17ClN2S/c1-14-7-6-13-9(8-14)2-3-10-4-5-11(12)15-10/h4-5,9,13H,2-3,6-8H2,1H3. The molecule has 4 heteroatoms. The molecule has 1 aromatic heterocycles. The molecule has 0 radical (unpaired) electrons. The third-order valence-electron chi connectivity index (χ3n) is 2.83. The number of nitrogens with zero attached hydrogens (tertiary/aromatic N) is 1. The minimum Gasteiger partial charge on any atom is -0.311 e. The van der Waals surface area contributed by atoms with E-state index in [2.05, 4.69) is 23.3 Å². The number of aryl methyl sites for hydroxylation is 1. The molecule has 1 atom stereocenters. The predicted octanol–water partition coefficient (Wildman–Crippen LogP) is 2.24. The monoisotopic (exact) mass is 244 g/mol. The number of halogens is 1. The summed E-state index contributed by atoms with van der Waals surface area (Å²) in [6.45, 7) is 3.45. The second-order valence-electron chi connectivity index (χ2n) is 4.16. The third-order valence-corrected chi connectivity index (χ3v) is 4.12. The number of nitrogens with one attached hydrogen (secondary N) is 1. The molecule has 1 aliphatic rings. The van der Waals surface area contributed by atoms with Crippen molar-refractivity contribution in [3.8, 4) is 0 Å². The normalized spacial score (nSPS) is 23.2. The van der Waals surface area contributed by atoms with Crippen LogP contribution in [-0.4, -0.2) is 37.6 Å². The molecule has 0 aromatic carbocycles. The van der Waals surface area contributed by atoms with Crippen LogP contribution in [0.15, 0.2) is 12.1 Å². The minimum absolute atomic E-state index is 0.643. The van der Waals surface area contributed by atoms with Crippen molar-refractivity contribution in [2.24, 2.45) is 0 Å². The summed E-state index contributed by atoms with van der Waals surface area (Å²) in [5.41, 5.74) is 0. The van der Waals surface area contributed by atoms with Gasteiger partial charge in [-0.25, -0.2) is 0 Å². The van der Waals surface area contributed by atoms with Crippen molar-refractivity contribution >= 4 is 22.9 Å². The second-order valence-corrected chi connectivity index (χ2v) is 5.96. The Morgan fingerprint density at radius 3 is 3.13 bits per heavy atom. The Balaban J connectivity index is 1.77. The first-order valence-electron chi connectivity index (χ1n) is 5.40. The Morgan fingerprint density at radius 2 is 2.47 bits per heavy atom. The fraction of sp³-hybridized carbons (Fsp3) is 0.636. The van der Waals surface area contributed by atoms with Crippen LogP contribution < -0.4 is 5.32 Å². The van der Waals surface area contributed by atoms with Gasteiger partial charge in [-0.15, -0.1) is 11.3 Å². The maximum absolute atomic E-state index is 5.90. The third kappa shape index (κ3) is 3.45. The highest BCUT2D eigenvalue weighted by molar-refractivity contribution is 7.16.